The van der Waals surface area contributed by atoms with E-state index in [0.717, 1.165) is 28.2 Å². The molecule has 0 amide bonds. The van der Waals surface area contributed by atoms with Crippen LogP contribution in [0.5, 0.6) is 0 Å². The molecular formula is C10H13N5S2. The lowest BCUT2D eigenvalue weighted by Gasteiger charge is -2.01. The Bertz CT molecular complexity index is 485. The van der Waals surface area contributed by atoms with Crippen LogP contribution in [0.2, 0.25) is 0 Å². The van der Waals surface area contributed by atoms with E-state index in [1.54, 1.807) is 6.20 Å². The summed E-state index contributed by atoms with van der Waals surface area (Å²) in [5, 5.41) is 3.97. The van der Waals surface area contributed by atoms with Gasteiger partial charge in [0.2, 0.25) is 5.95 Å². The molecule has 0 aliphatic rings. The fraction of sp³-hybridized carbons (Fsp3) is 0.400. The molecule has 17 heavy (non-hydrogen) atoms. The van der Waals surface area contributed by atoms with Crippen LogP contribution in [0.1, 0.15) is 19.7 Å². The molecule has 0 saturated carbocycles. The highest BCUT2D eigenvalue weighted by Gasteiger charge is 2.06. The molecule has 0 atom stereocenters. The van der Waals surface area contributed by atoms with Crippen molar-refractivity contribution < 1.29 is 0 Å². The third-order valence-electron chi connectivity index (χ3n) is 1.92. The molecular weight excluding hydrogens is 254 g/mol. The fourth-order valence-electron chi connectivity index (χ4n) is 1.15. The molecule has 2 aromatic rings. The van der Waals surface area contributed by atoms with Gasteiger partial charge in [-0.05, 0) is 36.3 Å². The summed E-state index contributed by atoms with van der Waals surface area (Å²) in [6.07, 6.45) is 2.61. The van der Waals surface area contributed by atoms with E-state index < -0.39 is 0 Å². The van der Waals surface area contributed by atoms with Crippen LogP contribution in [0.15, 0.2) is 21.6 Å². The zero-order chi connectivity index (χ0) is 12.1. The van der Waals surface area contributed by atoms with Crippen LogP contribution in [0.4, 0.5) is 5.95 Å². The molecule has 2 aromatic heterocycles. The number of aromatic nitrogens is 4. The molecule has 1 N–H and O–H groups in total. The average Bonchev–Trinajstić information content (AvgIpc) is 2.78. The van der Waals surface area contributed by atoms with Crippen molar-refractivity contribution in [2.24, 2.45) is 0 Å². The lowest BCUT2D eigenvalue weighted by atomic mass is 10.5. The molecule has 2 heterocycles. The summed E-state index contributed by atoms with van der Waals surface area (Å²) in [5.74, 6) is 1.54. The third kappa shape index (κ3) is 3.37. The Labute approximate surface area is 108 Å². The maximum atomic E-state index is 4.39. The number of rotatable bonds is 5. The van der Waals surface area contributed by atoms with Gasteiger partial charge in [0.05, 0.1) is 0 Å². The molecule has 90 valence electrons. The van der Waals surface area contributed by atoms with Crippen LogP contribution < -0.4 is 5.32 Å². The van der Waals surface area contributed by atoms with E-state index in [1.807, 2.05) is 19.9 Å². The molecule has 0 spiro atoms. The van der Waals surface area contributed by atoms with Crippen molar-refractivity contribution in [1.29, 1.82) is 0 Å². The summed E-state index contributed by atoms with van der Waals surface area (Å²) in [5.41, 5.74) is 0. The smallest absolute Gasteiger partial charge is 0.223 e. The van der Waals surface area contributed by atoms with Crippen molar-refractivity contribution in [2.45, 2.75) is 29.6 Å². The minimum absolute atomic E-state index is 0.651. The maximum absolute atomic E-state index is 4.39. The molecule has 0 aromatic carbocycles. The highest BCUT2D eigenvalue weighted by Crippen LogP contribution is 2.27. The molecule has 0 fully saturated rings. The monoisotopic (exact) mass is 267 g/mol. The Kier molecular flexibility index (Phi) is 4.27. The zero-order valence-corrected chi connectivity index (χ0v) is 11.3. The Morgan fingerprint density at radius 2 is 2.24 bits per heavy atom. The Hall–Kier alpha value is -1.21. The van der Waals surface area contributed by atoms with Gasteiger partial charge in [0.25, 0.3) is 0 Å². The fourth-order valence-corrected chi connectivity index (χ4v) is 2.76. The Morgan fingerprint density at radius 3 is 2.94 bits per heavy atom. The summed E-state index contributed by atoms with van der Waals surface area (Å²) >= 11 is 2.93. The number of nitrogens with one attached hydrogen (secondary N) is 1. The van der Waals surface area contributed by atoms with E-state index in [4.69, 9.17) is 0 Å². The van der Waals surface area contributed by atoms with Crippen LogP contribution in [0.25, 0.3) is 0 Å². The van der Waals surface area contributed by atoms with Gasteiger partial charge in [-0.15, -0.1) is 0 Å². The third-order valence-corrected chi connectivity index (χ3v) is 3.65. The minimum atomic E-state index is 0.651. The molecule has 0 aliphatic heterocycles. The SMILES string of the molecule is CCNc1nccc(Sc2nc(CC)ns2)n1. The largest absolute Gasteiger partial charge is 0.354 e. The summed E-state index contributed by atoms with van der Waals surface area (Å²) in [6, 6.07) is 1.87. The molecule has 0 aliphatic carbocycles. The van der Waals surface area contributed by atoms with Gasteiger partial charge in [0, 0.05) is 19.2 Å². The number of hydrogen-bond acceptors (Lipinski definition) is 7. The van der Waals surface area contributed by atoms with E-state index in [9.17, 15) is 0 Å². The van der Waals surface area contributed by atoms with Crippen molar-refractivity contribution in [3.8, 4) is 0 Å². The van der Waals surface area contributed by atoms with E-state index >= 15 is 0 Å². The van der Waals surface area contributed by atoms with Crippen LogP contribution in [0, 0.1) is 0 Å². The first kappa shape index (κ1) is 12.3. The van der Waals surface area contributed by atoms with Crippen molar-refractivity contribution in [3.05, 3.63) is 18.1 Å². The highest BCUT2D eigenvalue weighted by atomic mass is 32.2. The van der Waals surface area contributed by atoms with Crippen molar-refractivity contribution in [1.82, 2.24) is 19.3 Å². The van der Waals surface area contributed by atoms with Gasteiger partial charge in [0.15, 0.2) is 4.34 Å². The zero-order valence-electron chi connectivity index (χ0n) is 9.67. The molecule has 0 bridgehead atoms. The number of anilines is 1. The number of nitrogens with zero attached hydrogens (tertiary/aromatic N) is 4. The van der Waals surface area contributed by atoms with Gasteiger partial charge < -0.3 is 5.32 Å². The topological polar surface area (TPSA) is 63.6 Å². The lowest BCUT2D eigenvalue weighted by Crippen LogP contribution is -2.01. The summed E-state index contributed by atoms with van der Waals surface area (Å²) in [4.78, 5) is 12.9. The van der Waals surface area contributed by atoms with Gasteiger partial charge in [0.1, 0.15) is 10.9 Å². The van der Waals surface area contributed by atoms with E-state index in [-0.39, 0.29) is 0 Å². The summed E-state index contributed by atoms with van der Waals surface area (Å²) in [7, 11) is 0. The second kappa shape index (κ2) is 5.92. The van der Waals surface area contributed by atoms with Gasteiger partial charge >= 0.3 is 0 Å². The normalized spacial score (nSPS) is 10.5. The van der Waals surface area contributed by atoms with Crippen LogP contribution in [-0.4, -0.2) is 25.9 Å². The first-order valence-corrected chi connectivity index (χ1v) is 6.98. The Morgan fingerprint density at radius 1 is 1.35 bits per heavy atom. The molecule has 2 rings (SSSR count). The van der Waals surface area contributed by atoms with E-state index in [0.29, 0.717) is 5.95 Å². The van der Waals surface area contributed by atoms with Crippen molar-refractivity contribution in [2.75, 3.05) is 11.9 Å². The molecule has 0 radical (unpaired) electrons. The molecule has 7 heteroatoms. The van der Waals surface area contributed by atoms with E-state index in [1.165, 1.54) is 23.3 Å². The lowest BCUT2D eigenvalue weighted by molar-refractivity contribution is 0.968. The second-order valence-electron chi connectivity index (χ2n) is 3.18. The summed E-state index contributed by atoms with van der Waals surface area (Å²) in [6.45, 7) is 4.87. The maximum Gasteiger partial charge on any atom is 0.223 e. The predicted octanol–water partition coefficient (Wildman–Crippen LogP) is 2.47. The highest BCUT2D eigenvalue weighted by molar-refractivity contribution is 8.00. The van der Waals surface area contributed by atoms with Gasteiger partial charge in [-0.3, -0.25) is 0 Å². The first-order valence-electron chi connectivity index (χ1n) is 5.39. The second-order valence-corrected chi connectivity index (χ2v) is 5.20. The van der Waals surface area contributed by atoms with Crippen LogP contribution in [0.3, 0.4) is 0 Å². The predicted molar refractivity (Wildman–Crippen MR) is 69.6 cm³/mol. The quantitative estimate of drug-likeness (QED) is 0.840. The van der Waals surface area contributed by atoms with Crippen molar-refractivity contribution >= 4 is 29.2 Å². The van der Waals surface area contributed by atoms with Crippen LogP contribution in [-0.2, 0) is 6.42 Å². The first-order chi connectivity index (χ1) is 8.31. The Balaban J connectivity index is 2.09. The minimum Gasteiger partial charge on any atom is -0.354 e. The molecule has 5 nitrogen and oxygen atoms in total. The van der Waals surface area contributed by atoms with Crippen LogP contribution >= 0.6 is 23.3 Å². The van der Waals surface area contributed by atoms with E-state index in [2.05, 4.69) is 24.6 Å². The molecule has 0 saturated heterocycles. The van der Waals surface area contributed by atoms with Gasteiger partial charge in [-0.25, -0.2) is 15.0 Å². The van der Waals surface area contributed by atoms with Gasteiger partial charge in [-0.2, -0.15) is 4.37 Å². The standard InChI is InChI=1S/C10H13N5S2/c1-3-7-13-10(17-15-7)16-8-5-6-12-9(14-8)11-4-2/h5-6H,3-4H2,1-2H3,(H,11,12,14). The summed E-state index contributed by atoms with van der Waals surface area (Å²) < 4.78 is 5.16. The average molecular weight is 267 g/mol. The number of hydrogen-bond donors (Lipinski definition) is 1. The van der Waals surface area contributed by atoms with Crippen molar-refractivity contribution in [3.63, 3.8) is 0 Å². The van der Waals surface area contributed by atoms with Gasteiger partial charge in [-0.1, -0.05) is 6.92 Å². The molecule has 0 unspecified atom stereocenters. The number of aryl methyl sites for hydroxylation is 1.